The molecule has 2 saturated heterocycles. The number of hydrogen-bond acceptors (Lipinski definition) is 4. The molecule has 148 valence electrons. The summed E-state index contributed by atoms with van der Waals surface area (Å²) >= 11 is 0. The summed E-state index contributed by atoms with van der Waals surface area (Å²) in [6.07, 6.45) is 9.72. The molecule has 0 saturated carbocycles. The van der Waals surface area contributed by atoms with Crippen molar-refractivity contribution >= 4 is 11.8 Å². The SMILES string of the molecule is CCN1C[C@@H](C(=O)N2CCC(c3nccn3Cc3cccnc3)CC2)CC1=O. The highest BCUT2D eigenvalue weighted by atomic mass is 16.2. The van der Waals surface area contributed by atoms with Gasteiger partial charge in [-0.3, -0.25) is 14.6 Å². The number of piperidine rings is 1. The minimum absolute atomic E-state index is 0.105. The van der Waals surface area contributed by atoms with Gasteiger partial charge in [-0.25, -0.2) is 4.98 Å². The lowest BCUT2D eigenvalue weighted by Crippen LogP contribution is -2.42. The lowest BCUT2D eigenvalue weighted by atomic mass is 9.94. The fraction of sp³-hybridized carbons (Fsp3) is 0.524. The van der Waals surface area contributed by atoms with Gasteiger partial charge < -0.3 is 14.4 Å². The minimum Gasteiger partial charge on any atom is -0.342 e. The second kappa shape index (κ2) is 8.12. The molecule has 4 heterocycles. The van der Waals surface area contributed by atoms with E-state index in [4.69, 9.17) is 0 Å². The Bertz CT molecular complexity index is 826. The predicted octanol–water partition coefficient (Wildman–Crippen LogP) is 1.90. The molecule has 0 N–H and O–H groups in total. The summed E-state index contributed by atoms with van der Waals surface area (Å²) in [6, 6.07) is 4.02. The topological polar surface area (TPSA) is 71.3 Å². The summed E-state index contributed by atoms with van der Waals surface area (Å²) < 4.78 is 2.19. The van der Waals surface area contributed by atoms with Gasteiger partial charge in [0.2, 0.25) is 11.8 Å². The van der Waals surface area contributed by atoms with E-state index in [0.29, 0.717) is 25.4 Å². The maximum absolute atomic E-state index is 12.8. The third-order valence-corrected chi connectivity index (χ3v) is 5.94. The van der Waals surface area contributed by atoms with Gasteiger partial charge >= 0.3 is 0 Å². The van der Waals surface area contributed by atoms with Crippen molar-refractivity contribution in [3.63, 3.8) is 0 Å². The Hall–Kier alpha value is -2.70. The van der Waals surface area contributed by atoms with Gasteiger partial charge in [0.05, 0.1) is 12.5 Å². The van der Waals surface area contributed by atoms with Crippen LogP contribution >= 0.6 is 0 Å². The van der Waals surface area contributed by atoms with E-state index in [1.807, 2.05) is 36.5 Å². The average molecular weight is 381 g/mol. The largest absolute Gasteiger partial charge is 0.342 e. The van der Waals surface area contributed by atoms with Crippen molar-refractivity contribution in [2.24, 2.45) is 5.92 Å². The molecule has 7 nitrogen and oxygen atoms in total. The lowest BCUT2D eigenvalue weighted by molar-refractivity contribution is -0.136. The molecular weight excluding hydrogens is 354 g/mol. The highest BCUT2D eigenvalue weighted by Crippen LogP contribution is 2.29. The molecule has 2 amide bonds. The summed E-state index contributed by atoms with van der Waals surface area (Å²) in [6.45, 7) is 5.46. The van der Waals surface area contributed by atoms with E-state index in [-0.39, 0.29) is 17.7 Å². The fourth-order valence-corrected chi connectivity index (χ4v) is 4.36. The van der Waals surface area contributed by atoms with Gasteiger partial charge in [0, 0.05) is 63.3 Å². The Balaban J connectivity index is 1.36. The molecule has 2 aromatic heterocycles. The lowest BCUT2D eigenvalue weighted by Gasteiger charge is -2.33. The van der Waals surface area contributed by atoms with Crippen LogP contribution in [0.5, 0.6) is 0 Å². The van der Waals surface area contributed by atoms with Crippen molar-refractivity contribution in [2.75, 3.05) is 26.2 Å². The highest BCUT2D eigenvalue weighted by molar-refractivity contribution is 5.89. The van der Waals surface area contributed by atoms with Crippen molar-refractivity contribution in [3.05, 3.63) is 48.3 Å². The van der Waals surface area contributed by atoms with E-state index >= 15 is 0 Å². The smallest absolute Gasteiger partial charge is 0.227 e. The maximum Gasteiger partial charge on any atom is 0.227 e. The first-order valence-corrected chi connectivity index (χ1v) is 10.1. The van der Waals surface area contributed by atoms with E-state index in [2.05, 4.69) is 20.6 Å². The van der Waals surface area contributed by atoms with Crippen LogP contribution in [0.1, 0.15) is 43.5 Å². The molecule has 2 aliphatic heterocycles. The number of carbonyl (C=O) groups is 2. The zero-order valence-electron chi connectivity index (χ0n) is 16.3. The first kappa shape index (κ1) is 18.7. The molecule has 0 spiro atoms. The molecule has 2 aliphatic rings. The Kier molecular flexibility index (Phi) is 5.41. The van der Waals surface area contributed by atoms with Crippen molar-refractivity contribution in [1.29, 1.82) is 0 Å². The molecule has 1 atom stereocenters. The molecule has 0 radical (unpaired) electrons. The summed E-state index contributed by atoms with van der Waals surface area (Å²) in [4.78, 5) is 37.3. The van der Waals surface area contributed by atoms with E-state index in [1.165, 1.54) is 0 Å². The van der Waals surface area contributed by atoms with Crippen molar-refractivity contribution in [3.8, 4) is 0 Å². The second-order valence-electron chi connectivity index (χ2n) is 7.71. The molecule has 2 aromatic rings. The van der Waals surface area contributed by atoms with E-state index in [9.17, 15) is 9.59 Å². The van der Waals surface area contributed by atoms with E-state index < -0.39 is 0 Å². The number of imidazole rings is 1. The number of nitrogens with zero attached hydrogens (tertiary/aromatic N) is 5. The fourth-order valence-electron chi connectivity index (χ4n) is 4.36. The summed E-state index contributed by atoms with van der Waals surface area (Å²) in [5.74, 6) is 1.52. The van der Waals surface area contributed by atoms with Crippen LogP contribution in [-0.4, -0.2) is 62.3 Å². The molecule has 28 heavy (non-hydrogen) atoms. The molecule has 0 unspecified atom stereocenters. The van der Waals surface area contributed by atoms with Gasteiger partial charge in [0.1, 0.15) is 5.82 Å². The van der Waals surface area contributed by atoms with E-state index in [0.717, 1.165) is 43.9 Å². The van der Waals surface area contributed by atoms with Crippen LogP contribution in [0.4, 0.5) is 0 Å². The van der Waals surface area contributed by atoms with Gasteiger partial charge in [-0.2, -0.15) is 0 Å². The number of rotatable bonds is 5. The molecule has 0 bridgehead atoms. The van der Waals surface area contributed by atoms with Crippen LogP contribution < -0.4 is 0 Å². The van der Waals surface area contributed by atoms with Gasteiger partial charge in [-0.1, -0.05) is 6.07 Å². The van der Waals surface area contributed by atoms with Crippen LogP contribution in [0.3, 0.4) is 0 Å². The van der Waals surface area contributed by atoms with E-state index in [1.54, 1.807) is 11.1 Å². The molecule has 0 aliphatic carbocycles. The second-order valence-corrected chi connectivity index (χ2v) is 7.71. The summed E-state index contributed by atoms with van der Waals surface area (Å²) in [5, 5.41) is 0. The number of pyridine rings is 1. The Morgan fingerprint density at radius 3 is 2.75 bits per heavy atom. The highest BCUT2D eigenvalue weighted by Gasteiger charge is 2.37. The van der Waals surface area contributed by atoms with Crippen molar-refractivity contribution < 1.29 is 9.59 Å². The van der Waals surface area contributed by atoms with Crippen LogP contribution in [-0.2, 0) is 16.1 Å². The molecule has 7 heteroatoms. The van der Waals surface area contributed by atoms with Gasteiger partial charge in [0.25, 0.3) is 0 Å². The van der Waals surface area contributed by atoms with Crippen molar-refractivity contribution in [2.45, 2.75) is 38.6 Å². The standard InChI is InChI=1S/C21H27N5O2/c1-2-24-15-18(12-19(24)27)21(28)25-9-5-17(6-10-25)20-23-8-11-26(20)14-16-4-3-7-22-13-16/h3-4,7-8,11,13,17-18H,2,5-6,9-10,12,14-15H2,1H3/t18-/m0/s1. The third-order valence-electron chi connectivity index (χ3n) is 5.94. The minimum atomic E-state index is -0.170. The van der Waals surface area contributed by atoms with Crippen LogP contribution in [0, 0.1) is 5.92 Å². The van der Waals surface area contributed by atoms with Crippen LogP contribution in [0.25, 0.3) is 0 Å². The Morgan fingerprint density at radius 2 is 2.07 bits per heavy atom. The zero-order chi connectivity index (χ0) is 19.5. The first-order chi connectivity index (χ1) is 13.7. The zero-order valence-corrected chi connectivity index (χ0v) is 16.3. The molecule has 4 rings (SSSR count). The van der Waals surface area contributed by atoms with Crippen LogP contribution in [0.15, 0.2) is 36.9 Å². The molecule has 2 fully saturated rings. The predicted molar refractivity (Wildman–Crippen MR) is 104 cm³/mol. The average Bonchev–Trinajstić information content (AvgIpc) is 3.34. The van der Waals surface area contributed by atoms with Gasteiger partial charge in [-0.15, -0.1) is 0 Å². The third kappa shape index (κ3) is 3.79. The summed E-state index contributed by atoms with van der Waals surface area (Å²) in [5.41, 5.74) is 1.15. The molecule has 0 aromatic carbocycles. The number of likely N-dealkylation sites (tertiary alicyclic amines) is 2. The normalized spacial score (nSPS) is 20.8. The van der Waals surface area contributed by atoms with Crippen LogP contribution in [0.2, 0.25) is 0 Å². The molecular formula is C21H27N5O2. The quantitative estimate of drug-likeness (QED) is 0.793. The first-order valence-electron chi connectivity index (χ1n) is 10.1. The number of aromatic nitrogens is 3. The maximum atomic E-state index is 12.8. The number of carbonyl (C=O) groups excluding carboxylic acids is 2. The van der Waals surface area contributed by atoms with Crippen molar-refractivity contribution in [1.82, 2.24) is 24.3 Å². The number of amides is 2. The monoisotopic (exact) mass is 381 g/mol. The summed E-state index contributed by atoms with van der Waals surface area (Å²) in [7, 11) is 0. The Morgan fingerprint density at radius 1 is 1.25 bits per heavy atom. The van der Waals surface area contributed by atoms with Gasteiger partial charge in [-0.05, 0) is 31.4 Å². The number of hydrogen-bond donors (Lipinski definition) is 0. The van der Waals surface area contributed by atoms with Gasteiger partial charge in [0.15, 0.2) is 0 Å². The Labute approximate surface area is 165 Å².